The van der Waals surface area contributed by atoms with E-state index < -0.39 is 0 Å². The Kier molecular flexibility index (Phi) is 5.26. The molecule has 4 heterocycles. The SMILES string of the molecule is Cc1c(C(=O)NCc2cccnc2)sc2ncnc(NCC3CCCO3)c12. The Morgan fingerprint density at radius 3 is 3.11 bits per heavy atom. The first-order valence-electron chi connectivity index (χ1n) is 8.99. The number of nitrogens with zero attached hydrogens (tertiary/aromatic N) is 3. The van der Waals surface area contributed by atoms with E-state index in [1.54, 1.807) is 12.4 Å². The van der Waals surface area contributed by atoms with Crippen LogP contribution in [-0.4, -0.2) is 40.1 Å². The number of hydrogen-bond acceptors (Lipinski definition) is 7. The third-order valence-electron chi connectivity index (χ3n) is 4.63. The van der Waals surface area contributed by atoms with E-state index in [0.717, 1.165) is 46.6 Å². The summed E-state index contributed by atoms with van der Waals surface area (Å²) in [5.41, 5.74) is 1.86. The third-order valence-corrected chi connectivity index (χ3v) is 5.83. The lowest BCUT2D eigenvalue weighted by atomic mass is 10.2. The van der Waals surface area contributed by atoms with Gasteiger partial charge in [-0.05, 0) is 37.0 Å². The lowest BCUT2D eigenvalue weighted by Gasteiger charge is -2.12. The molecular formula is C19H21N5O2S. The van der Waals surface area contributed by atoms with Gasteiger partial charge in [0.1, 0.15) is 17.0 Å². The van der Waals surface area contributed by atoms with Gasteiger partial charge in [-0.2, -0.15) is 0 Å². The van der Waals surface area contributed by atoms with Crippen LogP contribution in [0.25, 0.3) is 10.2 Å². The molecule has 1 unspecified atom stereocenters. The first-order chi connectivity index (χ1) is 13.2. The van der Waals surface area contributed by atoms with Gasteiger partial charge < -0.3 is 15.4 Å². The lowest BCUT2D eigenvalue weighted by molar-refractivity contribution is 0.0954. The molecule has 1 aliphatic heterocycles. The second-order valence-corrected chi connectivity index (χ2v) is 7.52. The maximum atomic E-state index is 12.7. The van der Waals surface area contributed by atoms with E-state index >= 15 is 0 Å². The number of thiophene rings is 1. The van der Waals surface area contributed by atoms with Gasteiger partial charge in [-0.1, -0.05) is 6.07 Å². The van der Waals surface area contributed by atoms with Crippen LogP contribution in [0.15, 0.2) is 30.9 Å². The first kappa shape index (κ1) is 17.8. The molecule has 0 aliphatic carbocycles. The standard InChI is InChI=1S/C19H21N5O2S/c1-12-15-17(21-10-14-5-3-7-26-14)23-11-24-19(15)27-16(12)18(25)22-9-13-4-2-6-20-8-13/h2,4,6,8,11,14H,3,5,7,9-10H2,1H3,(H,22,25)(H,21,23,24). The molecule has 2 N–H and O–H groups in total. The van der Waals surface area contributed by atoms with Gasteiger partial charge in [0, 0.05) is 32.1 Å². The first-order valence-corrected chi connectivity index (χ1v) is 9.80. The fraction of sp³-hybridized carbons (Fsp3) is 0.368. The molecule has 1 aliphatic rings. The zero-order chi connectivity index (χ0) is 18.6. The minimum absolute atomic E-state index is 0.107. The van der Waals surface area contributed by atoms with Crippen LogP contribution in [0.2, 0.25) is 0 Å². The zero-order valence-corrected chi connectivity index (χ0v) is 15.9. The van der Waals surface area contributed by atoms with Crippen molar-refractivity contribution in [3.63, 3.8) is 0 Å². The number of carbonyl (C=O) groups excluding carboxylic acids is 1. The molecule has 140 valence electrons. The number of aryl methyl sites for hydroxylation is 1. The maximum Gasteiger partial charge on any atom is 0.261 e. The fourth-order valence-corrected chi connectivity index (χ4v) is 4.27. The highest BCUT2D eigenvalue weighted by Gasteiger charge is 2.20. The molecule has 1 fully saturated rings. The van der Waals surface area contributed by atoms with Crippen molar-refractivity contribution in [2.75, 3.05) is 18.5 Å². The molecule has 0 saturated carbocycles. The Hall–Kier alpha value is -2.58. The summed E-state index contributed by atoms with van der Waals surface area (Å²) in [5, 5.41) is 7.24. The molecule has 1 saturated heterocycles. The average molecular weight is 383 g/mol. The molecular weight excluding hydrogens is 362 g/mol. The summed E-state index contributed by atoms with van der Waals surface area (Å²) >= 11 is 1.39. The van der Waals surface area contributed by atoms with Crippen molar-refractivity contribution < 1.29 is 9.53 Å². The number of amides is 1. The van der Waals surface area contributed by atoms with Gasteiger partial charge in [0.05, 0.1) is 16.4 Å². The molecule has 3 aromatic rings. The lowest BCUT2D eigenvalue weighted by Crippen LogP contribution is -2.22. The van der Waals surface area contributed by atoms with Crippen LogP contribution in [0.1, 0.15) is 33.6 Å². The molecule has 7 nitrogen and oxygen atoms in total. The number of nitrogens with one attached hydrogen (secondary N) is 2. The smallest absolute Gasteiger partial charge is 0.261 e. The summed E-state index contributed by atoms with van der Waals surface area (Å²) in [6.07, 6.45) is 7.38. The maximum absolute atomic E-state index is 12.7. The monoisotopic (exact) mass is 383 g/mol. The van der Waals surface area contributed by atoms with Crippen molar-refractivity contribution in [3.8, 4) is 0 Å². The van der Waals surface area contributed by atoms with Gasteiger partial charge in [-0.15, -0.1) is 11.3 Å². The van der Waals surface area contributed by atoms with Crippen LogP contribution in [-0.2, 0) is 11.3 Å². The minimum atomic E-state index is -0.107. The third kappa shape index (κ3) is 3.91. The molecule has 1 amide bonds. The summed E-state index contributed by atoms with van der Waals surface area (Å²) in [6, 6.07) is 3.79. The van der Waals surface area contributed by atoms with Gasteiger partial charge in [-0.3, -0.25) is 9.78 Å². The highest BCUT2D eigenvalue weighted by atomic mass is 32.1. The van der Waals surface area contributed by atoms with Crippen LogP contribution in [0.4, 0.5) is 5.82 Å². The Bertz CT molecular complexity index is 938. The van der Waals surface area contributed by atoms with E-state index in [1.165, 1.54) is 17.7 Å². The minimum Gasteiger partial charge on any atom is -0.376 e. The highest BCUT2D eigenvalue weighted by Crippen LogP contribution is 2.33. The number of aromatic nitrogens is 3. The average Bonchev–Trinajstić information content (AvgIpc) is 3.34. The quantitative estimate of drug-likeness (QED) is 0.680. The van der Waals surface area contributed by atoms with Crippen LogP contribution in [0.3, 0.4) is 0 Å². The van der Waals surface area contributed by atoms with Crippen LogP contribution in [0, 0.1) is 6.92 Å². The Balaban J connectivity index is 1.52. The number of hydrogen-bond donors (Lipinski definition) is 2. The summed E-state index contributed by atoms with van der Waals surface area (Å²) < 4.78 is 5.66. The Morgan fingerprint density at radius 1 is 1.41 bits per heavy atom. The summed E-state index contributed by atoms with van der Waals surface area (Å²) in [4.78, 5) is 26.9. The number of anilines is 1. The molecule has 8 heteroatoms. The Morgan fingerprint density at radius 2 is 2.33 bits per heavy atom. The van der Waals surface area contributed by atoms with E-state index in [0.29, 0.717) is 18.0 Å². The van der Waals surface area contributed by atoms with Crippen molar-refractivity contribution in [2.24, 2.45) is 0 Å². The normalized spacial score (nSPS) is 16.6. The van der Waals surface area contributed by atoms with E-state index in [4.69, 9.17) is 4.74 Å². The van der Waals surface area contributed by atoms with Gasteiger partial charge in [0.2, 0.25) is 0 Å². The summed E-state index contributed by atoms with van der Waals surface area (Å²) in [5.74, 6) is 0.653. The topological polar surface area (TPSA) is 89.0 Å². The number of carbonyl (C=O) groups is 1. The zero-order valence-electron chi connectivity index (χ0n) is 15.1. The molecule has 0 bridgehead atoms. The molecule has 0 radical (unpaired) electrons. The molecule has 3 aromatic heterocycles. The molecule has 27 heavy (non-hydrogen) atoms. The van der Waals surface area contributed by atoms with E-state index in [2.05, 4.69) is 25.6 Å². The fourth-order valence-electron chi connectivity index (χ4n) is 3.20. The van der Waals surface area contributed by atoms with Gasteiger partial charge in [0.15, 0.2) is 0 Å². The molecule has 0 aromatic carbocycles. The molecule has 1 atom stereocenters. The number of fused-ring (bicyclic) bond motifs is 1. The highest BCUT2D eigenvalue weighted by molar-refractivity contribution is 7.20. The van der Waals surface area contributed by atoms with Crippen molar-refractivity contribution in [2.45, 2.75) is 32.4 Å². The van der Waals surface area contributed by atoms with Crippen molar-refractivity contribution in [1.82, 2.24) is 20.3 Å². The molecule has 0 spiro atoms. The predicted octanol–water partition coefficient (Wildman–Crippen LogP) is 2.92. The van der Waals surface area contributed by atoms with E-state index in [1.807, 2.05) is 19.1 Å². The summed E-state index contributed by atoms with van der Waals surface area (Å²) in [6.45, 7) is 3.92. The van der Waals surface area contributed by atoms with E-state index in [-0.39, 0.29) is 12.0 Å². The van der Waals surface area contributed by atoms with Crippen LogP contribution < -0.4 is 10.6 Å². The van der Waals surface area contributed by atoms with Gasteiger partial charge in [-0.25, -0.2) is 9.97 Å². The van der Waals surface area contributed by atoms with Crippen LogP contribution in [0.5, 0.6) is 0 Å². The Labute approximate surface area is 161 Å². The molecule has 4 rings (SSSR count). The van der Waals surface area contributed by atoms with Crippen LogP contribution >= 0.6 is 11.3 Å². The van der Waals surface area contributed by atoms with Gasteiger partial charge in [0.25, 0.3) is 5.91 Å². The van der Waals surface area contributed by atoms with E-state index in [9.17, 15) is 4.79 Å². The second-order valence-electron chi connectivity index (χ2n) is 6.52. The van der Waals surface area contributed by atoms with Crippen molar-refractivity contribution >= 4 is 33.3 Å². The number of pyridine rings is 1. The number of ether oxygens (including phenoxy) is 1. The largest absolute Gasteiger partial charge is 0.376 e. The summed E-state index contributed by atoms with van der Waals surface area (Å²) in [7, 11) is 0. The number of rotatable bonds is 6. The predicted molar refractivity (Wildman–Crippen MR) is 105 cm³/mol. The van der Waals surface area contributed by atoms with Gasteiger partial charge >= 0.3 is 0 Å². The van der Waals surface area contributed by atoms with Crippen molar-refractivity contribution in [1.29, 1.82) is 0 Å². The van der Waals surface area contributed by atoms with Crippen molar-refractivity contribution in [3.05, 3.63) is 46.9 Å². The second kappa shape index (κ2) is 7.98.